The molecule has 1 aromatic heterocycles. The zero-order chi connectivity index (χ0) is 10.4. The molecule has 0 aromatic carbocycles. The van der Waals surface area contributed by atoms with Crippen LogP contribution in [-0.2, 0) is 6.42 Å². The molecule has 1 aromatic rings. The Morgan fingerprint density at radius 3 is 2.08 bits per heavy atom. The van der Waals surface area contributed by atoms with Crippen LogP contribution in [0.5, 0.6) is 0 Å². The van der Waals surface area contributed by atoms with Crippen LogP contribution >= 0.6 is 11.3 Å². The van der Waals surface area contributed by atoms with Crippen molar-refractivity contribution in [3.63, 3.8) is 0 Å². The predicted octanol–water partition coefficient (Wildman–Crippen LogP) is 4.77. The first kappa shape index (κ1) is 12.7. The molecule has 0 amide bonds. The average Bonchev–Trinajstić information content (AvgIpc) is 2.50. The molecule has 0 atom stereocenters. The van der Waals surface area contributed by atoms with Crippen molar-refractivity contribution in [3.8, 4) is 0 Å². The molecule has 0 aliphatic rings. The van der Waals surface area contributed by atoms with Crippen LogP contribution in [-0.4, -0.2) is 0 Å². The molecule has 0 aliphatic carbocycles. The second-order valence-corrected chi connectivity index (χ2v) is 4.44. The minimum Gasteiger partial charge on any atom is -0.145 e. The van der Waals surface area contributed by atoms with E-state index in [0.29, 0.717) is 5.92 Å². The molecule has 13 heavy (non-hydrogen) atoms. The van der Waals surface area contributed by atoms with Crippen LogP contribution in [0.4, 0.5) is 0 Å². The summed E-state index contributed by atoms with van der Waals surface area (Å²) in [5, 5.41) is 0. The standard InChI is InChI=1S/C10H16S.C2H6/c1-5-9-6-8(4)10(11-9)7(2)3;1-2/h6-7H,5H2,1-4H3;1-2H3. The molecule has 0 radical (unpaired) electrons. The Bertz CT molecular complexity index is 233. The number of aryl methyl sites for hydroxylation is 2. The van der Waals surface area contributed by atoms with Gasteiger partial charge in [0.15, 0.2) is 0 Å². The number of hydrogen-bond acceptors (Lipinski definition) is 1. The maximum atomic E-state index is 2.32. The summed E-state index contributed by atoms with van der Waals surface area (Å²) in [5.41, 5.74) is 1.47. The van der Waals surface area contributed by atoms with E-state index in [2.05, 4.69) is 33.8 Å². The van der Waals surface area contributed by atoms with E-state index in [0.717, 1.165) is 0 Å². The Morgan fingerprint density at radius 1 is 1.31 bits per heavy atom. The van der Waals surface area contributed by atoms with Crippen molar-refractivity contribution in [2.24, 2.45) is 0 Å². The Kier molecular flexibility index (Phi) is 6.06. The van der Waals surface area contributed by atoms with Gasteiger partial charge in [0.25, 0.3) is 0 Å². The van der Waals surface area contributed by atoms with E-state index in [1.165, 1.54) is 16.9 Å². The van der Waals surface area contributed by atoms with Gasteiger partial charge in [0, 0.05) is 9.75 Å². The molecule has 0 saturated carbocycles. The summed E-state index contributed by atoms with van der Waals surface area (Å²) in [6.07, 6.45) is 1.18. The molecule has 0 spiro atoms. The highest BCUT2D eigenvalue weighted by Crippen LogP contribution is 2.28. The van der Waals surface area contributed by atoms with Gasteiger partial charge in [-0.05, 0) is 30.9 Å². The predicted molar refractivity (Wildman–Crippen MR) is 63.9 cm³/mol. The van der Waals surface area contributed by atoms with Crippen molar-refractivity contribution >= 4 is 11.3 Å². The SMILES string of the molecule is CC.CCc1cc(C)c(C(C)C)s1. The Morgan fingerprint density at radius 2 is 1.85 bits per heavy atom. The molecule has 0 fully saturated rings. The van der Waals surface area contributed by atoms with Crippen molar-refractivity contribution < 1.29 is 0 Å². The average molecular weight is 198 g/mol. The summed E-state index contributed by atoms with van der Waals surface area (Å²) in [5.74, 6) is 0.695. The monoisotopic (exact) mass is 198 g/mol. The summed E-state index contributed by atoms with van der Waals surface area (Å²) < 4.78 is 0. The second kappa shape index (κ2) is 6.20. The maximum Gasteiger partial charge on any atom is 0.0103 e. The van der Waals surface area contributed by atoms with E-state index in [4.69, 9.17) is 0 Å². The molecule has 1 heteroatoms. The molecule has 1 heterocycles. The summed E-state index contributed by atoms with van der Waals surface area (Å²) in [4.78, 5) is 3.08. The van der Waals surface area contributed by atoms with E-state index in [-0.39, 0.29) is 0 Å². The molecule has 1 rings (SSSR count). The summed E-state index contributed by atoms with van der Waals surface area (Å²) in [6, 6.07) is 2.32. The van der Waals surface area contributed by atoms with E-state index in [1.54, 1.807) is 4.88 Å². The highest BCUT2D eigenvalue weighted by molar-refractivity contribution is 7.12. The second-order valence-electron chi connectivity index (χ2n) is 3.27. The van der Waals surface area contributed by atoms with Gasteiger partial charge in [-0.25, -0.2) is 0 Å². The van der Waals surface area contributed by atoms with E-state index in [9.17, 15) is 0 Å². The summed E-state index contributed by atoms with van der Waals surface area (Å²) in [6.45, 7) is 13.0. The maximum absolute atomic E-state index is 2.32. The van der Waals surface area contributed by atoms with E-state index < -0.39 is 0 Å². The minimum atomic E-state index is 0.695. The molecule has 76 valence electrons. The third kappa shape index (κ3) is 3.51. The first-order chi connectivity index (χ1) is 6.15. The van der Waals surface area contributed by atoms with Gasteiger partial charge in [-0.2, -0.15) is 0 Å². The van der Waals surface area contributed by atoms with Crippen LogP contribution in [0.1, 0.15) is 55.9 Å². The number of thiophene rings is 1. The van der Waals surface area contributed by atoms with Crippen LogP contribution in [0.25, 0.3) is 0 Å². The van der Waals surface area contributed by atoms with Gasteiger partial charge in [-0.3, -0.25) is 0 Å². The van der Waals surface area contributed by atoms with Gasteiger partial charge in [0.2, 0.25) is 0 Å². The third-order valence-electron chi connectivity index (χ3n) is 1.88. The first-order valence-electron chi connectivity index (χ1n) is 5.24. The smallest absolute Gasteiger partial charge is 0.0103 e. The van der Waals surface area contributed by atoms with Crippen LogP contribution < -0.4 is 0 Å². The topological polar surface area (TPSA) is 0 Å². The summed E-state index contributed by atoms with van der Waals surface area (Å²) >= 11 is 1.97. The fourth-order valence-electron chi connectivity index (χ4n) is 1.31. The molecular formula is C12H22S. The van der Waals surface area contributed by atoms with Gasteiger partial charge in [0.05, 0.1) is 0 Å². The first-order valence-corrected chi connectivity index (χ1v) is 6.06. The normalized spacial score (nSPS) is 9.77. The van der Waals surface area contributed by atoms with Gasteiger partial charge in [0.1, 0.15) is 0 Å². The summed E-state index contributed by atoms with van der Waals surface area (Å²) in [7, 11) is 0. The zero-order valence-corrected chi connectivity index (χ0v) is 10.6. The van der Waals surface area contributed by atoms with Crippen molar-refractivity contribution in [2.45, 2.75) is 53.9 Å². The van der Waals surface area contributed by atoms with Gasteiger partial charge in [-0.1, -0.05) is 34.6 Å². The molecule has 0 nitrogen and oxygen atoms in total. The Balaban J connectivity index is 0.000000671. The van der Waals surface area contributed by atoms with Gasteiger partial charge < -0.3 is 0 Å². The van der Waals surface area contributed by atoms with E-state index in [1.807, 2.05) is 25.2 Å². The highest BCUT2D eigenvalue weighted by Gasteiger charge is 2.06. The lowest BCUT2D eigenvalue weighted by Gasteiger charge is -2.00. The van der Waals surface area contributed by atoms with Crippen molar-refractivity contribution in [1.82, 2.24) is 0 Å². The molecular weight excluding hydrogens is 176 g/mol. The minimum absolute atomic E-state index is 0.695. The molecule has 0 N–H and O–H groups in total. The van der Waals surface area contributed by atoms with Crippen LogP contribution in [0.2, 0.25) is 0 Å². The van der Waals surface area contributed by atoms with Gasteiger partial charge in [-0.15, -0.1) is 11.3 Å². The van der Waals surface area contributed by atoms with Crippen LogP contribution in [0, 0.1) is 6.92 Å². The van der Waals surface area contributed by atoms with Crippen molar-refractivity contribution in [3.05, 3.63) is 21.4 Å². The van der Waals surface area contributed by atoms with E-state index >= 15 is 0 Å². The molecule has 0 bridgehead atoms. The fraction of sp³-hybridized carbons (Fsp3) is 0.667. The van der Waals surface area contributed by atoms with Gasteiger partial charge >= 0.3 is 0 Å². The van der Waals surface area contributed by atoms with Crippen LogP contribution in [0.3, 0.4) is 0 Å². The lowest BCUT2D eigenvalue weighted by atomic mass is 10.1. The molecule has 0 aliphatic heterocycles. The highest BCUT2D eigenvalue weighted by atomic mass is 32.1. The Hall–Kier alpha value is -0.300. The zero-order valence-electron chi connectivity index (χ0n) is 9.77. The molecule has 0 saturated heterocycles. The fourth-order valence-corrected chi connectivity index (χ4v) is 2.43. The van der Waals surface area contributed by atoms with Crippen molar-refractivity contribution in [1.29, 1.82) is 0 Å². The number of hydrogen-bond donors (Lipinski definition) is 0. The lowest BCUT2D eigenvalue weighted by molar-refractivity contribution is 0.881. The molecule has 0 unspecified atom stereocenters. The third-order valence-corrected chi connectivity index (χ3v) is 3.56. The largest absolute Gasteiger partial charge is 0.145 e. The Labute approximate surface area is 87.0 Å². The number of rotatable bonds is 2. The van der Waals surface area contributed by atoms with Crippen molar-refractivity contribution in [2.75, 3.05) is 0 Å². The lowest BCUT2D eigenvalue weighted by Crippen LogP contribution is -1.82. The van der Waals surface area contributed by atoms with Crippen LogP contribution in [0.15, 0.2) is 6.07 Å². The quantitative estimate of drug-likeness (QED) is 0.642.